The maximum Gasteiger partial charge on any atom is 0.158 e. The van der Waals surface area contributed by atoms with E-state index in [1.165, 1.54) is 13.8 Å². The third-order valence-corrected chi connectivity index (χ3v) is 6.42. The summed E-state index contributed by atoms with van der Waals surface area (Å²) in [5, 5.41) is 14.6. The van der Waals surface area contributed by atoms with Crippen LogP contribution in [0.2, 0.25) is 0 Å². The lowest BCUT2D eigenvalue weighted by Crippen LogP contribution is -2.48. The van der Waals surface area contributed by atoms with Crippen molar-refractivity contribution < 1.29 is 14.7 Å². The molecular weight excluding hydrogens is 498 g/mol. The number of Topliss-reactive ketones (excluding diaryl/α,β-unsaturated/α-hetero) is 2. The number of hydrogen-bond donors (Lipinski definition) is 2. The molecule has 0 fully saturated rings. The van der Waals surface area contributed by atoms with Gasteiger partial charge in [-0.3, -0.25) is 9.59 Å². The van der Waals surface area contributed by atoms with Gasteiger partial charge in [-0.15, -0.1) is 0 Å². The smallest absolute Gasteiger partial charge is 0.158 e. The van der Waals surface area contributed by atoms with Crippen LogP contribution in [-0.4, -0.2) is 22.3 Å². The molecule has 0 heterocycles. The average molecular weight is 521 g/mol. The fraction of sp³-hybridized carbons (Fsp3) is 0.304. The summed E-state index contributed by atoms with van der Waals surface area (Å²) in [7, 11) is 0. The normalized spacial score (nSPS) is 24.3. The number of ketones is 2. The summed E-state index contributed by atoms with van der Waals surface area (Å²) in [4.78, 5) is 25.4. The van der Waals surface area contributed by atoms with Crippen LogP contribution >= 0.6 is 31.9 Å². The molecule has 29 heavy (non-hydrogen) atoms. The Morgan fingerprint density at radius 2 is 1.52 bits per heavy atom. The topological polar surface area (TPSA) is 66.4 Å². The van der Waals surface area contributed by atoms with Crippen molar-refractivity contribution in [3.05, 3.63) is 74.3 Å². The lowest BCUT2D eigenvalue weighted by Gasteiger charge is -2.43. The minimum absolute atomic E-state index is 0.112. The quantitative estimate of drug-likeness (QED) is 0.537. The molecule has 1 aliphatic rings. The van der Waals surface area contributed by atoms with Gasteiger partial charge in [-0.25, -0.2) is 0 Å². The largest absolute Gasteiger partial charge is 0.389 e. The van der Waals surface area contributed by atoms with Crippen molar-refractivity contribution in [3.8, 4) is 0 Å². The van der Waals surface area contributed by atoms with Gasteiger partial charge in [0.1, 0.15) is 5.78 Å². The Morgan fingerprint density at radius 3 is 2.00 bits per heavy atom. The molecule has 0 radical (unpaired) electrons. The molecule has 0 unspecified atom stereocenters. The average Bonchev–Trinajstić information content (AvgIpc) is 2.62. The van der Waals surface area contributed by atoms with Gasteiger partial charge in [0.15, 0.2) is 5.78 Å². The number of carbonyl (C=O) groups excluding carboxylic acids is 2. The Balaban J connectivity index is 2.19. The monoisotopic (exact) mass is 519 g/mol. The van der Waals surface area contributed by atoms with Crippen molar-refractivity contribution in [2.45, 2.75) is 38.7 Å². The fourth-order valence-electron chi connectivity index (χ4n) is 4.23. The number of rotatable bonds is 5. The number of hydrogen-bond acceptors (Lipinski definition) is 4. The van der Waals surface area contributed by atoms with Crippen LogP contribution in [0.25, 0.3) is 0 Å². The van der Waals surface area contributed by atoms with Crippen LogP contribution in [0, 0.1) is 5.92 Å². The van der Waals surface area contributed by atoms with Crippen LogP contribution < -0.4 is 5.32 Å². The first-order valence-corrected chi connectivity index (χ1v) is 10.9. The molecule has 4 nitrogen and oxygen atoms in total. The zero-order valence-corrected chi connectivity index (χ0v) is 19.7. The van der Waals surface area contributed by atoms with Gasteiger partial charge in [0, 0.05) is 38.2 Å². The number of allylic oxidation sites excluding steroid dienone is 1. The SMILES string of the molecule is CC(=O)C1=C(Nc2ccc(Br)cc2)C[C@](C)(O)[C@H](C(C)=O)[C@@H]1c1ccc(Br)cc1. The predicted octanol–water partition coefficient (Wildman–Crippen LogP) is 5.61. The molecule has 0 saturated carbocycles. The van der Waals surface area contributed by atoms with E-state index in [1.54, 1.807) is 6.92 Å². The van der Waals surface area contributed by atoms with Crippen LogP contribution in [0.4, 0.5) is 5.69 Å². The number of carbonyl (C=O) groups is 2. The highest BCUT2D eigenvalue weighted by molar-refractivity contribution is 9.10. The zero-order valence-electron chi connectivity index (χ0n) is 16.5. The maximum atomic E-state index is 12.8. The molecule has 0 aliphatic heterocycles. The molecule has 152 valence electrons. The number of benzene rings is 2. The Kier molecular flexibility index (Phi) is 6.46. The highest BCUT2D eigenvalue weighted by Crippen LogP contribution is 2.47. The van der Waals surface area contributed by atoms with Crippen LogP contribution in [-0.2, 0) is 9.59 Å². The lowest BCUT2D eigenvalue weighted by atomic mass is 9.64. The van der Waals surface area contributed by atoms with Crippen molar-refractivity contribution >= 4 is 49.1 Å². The van der Waals surface area contributed by atoms with Crippen LogP contribution in [0.1, 0.15) is 38.7 Å². The summed E-state index contributed by atoms with van der Waals surface area (Å²) < 4.78 is 1.86. The van der Waals surface area contributed by atoms with E-state index in [9.17, 15) is 14.7 Å². The highest BCUT2D eigenvalue weighted by atomic mass is 79.9. The first kappa shape index (κ1) is 21.9. The number of anilines is 1. The zero-order chi connectivity index (χ0) is 21.3. The van der Waals surface area contributed by atoms with Gasteiger partial charge in [-0.05, 0) is 62.7 Å². The Bertz CT molecular complexity index is 963. The van der Waals surface area contributed by atoms with Gasteiger partial charge in [0.25, 0.3) is 0 Å². The standard InChI is InChI=1S/C23H23Br2NO3/c1-13(27)20-19(26-18-10-8-17(25)9-11-18)12-23(3,29)22(14(2)28)21(20)15-4-6-16(24)7-5-15/h4-11,21-22,26,29H,12H2,1-3H3/t21-,22-,23+/m1/s1. The van der Waals surface area contributed by atoms with Crippen LogP contribution in [0.15, 0.2) is 68.7 Å². The molecular formula is C23H23Br2NO3. The van der Waals surface area contributed by atoms with E-state index in [1.807, 2.05) is 48.5 Å². The van der Waals surface area contributed by atoms with Crippen molar-refractivity contribution in [3.63, 3.8) is 0 Å². The second kappa shape index (κ2) is 8.54. The second-order valence-electron chi connectivity index (χ2n) is 7.73. The van der Waals surface area contributed by atoms with Crippen LogP contribution in [0.3, 0.4) is 0 Å². The van der Waals surface area contributed by atoms with Gasteiger partial charge in [-0.1, -0.05) is 44.0 Å². The lowest BCUT2D eigenvalue weighted by molar-refractivity contribution is -0.131. The van der Waals surface area contributed by atoms with E-state index in [4.69, 9.17) is 0 Å². The molecule has 2 N–H and O–H groups in total. The third kappa shape index (κ3) is 4.71. The number of nitrogens with one attached hydrogen (secondary N) is 1. The van der Waals surface area contributed by atoms with Crippen molar-refractivity contribution in [2.75, 3.05) is 5.32 Å². The molecule has 2 aromatic rings. The molecule has 3 atom stereocenters. The summed E-state index contributed by atoms with van der Waals surface area (Å²) in [6, 6.07) is 15.2. The summed E-state index contributed by atoms with van der Waals surface area (Å²) in [5.74, 6) is -1.48. The molecule has 3 rings (SSSR count). The summed E-state index contributed by atoms with van der Waals surface area (Å²) in [5.41, 5.74) is 1.54. The number of aliphatic hydroxyl groups is 1. The molecule has 1 aliphatic carbocycles. The highest BCUT2D eigenvalue weighted by Gasteiger charge is 2.49. The summed E-state index contributed by atoms with van der Waals surface area (Å²) >= 11 is 6.85. The van der Waals surface area contributed by atoms with Gasteiger partial charge in [-0.2, -0.15) is 0 Å². The summed E-state index contributed by atoms with van der Waals surface area (Å²) in [6.45, 7) is 4.67. The molecule has 6 heteroatoms. The van der Waals surface area contributed by atoms with Crippen LogP contribution in [0.5, 0.6) is 0 Å². The Hall–Kier alpha value is -1.76. The number of halogens is 2. The van der Waals surface area contributed by atoms with Crippen molar-refractivity contribution in [2.24, 2.45) is 5.92 Å². The Morgan fingerprint density at radius 1 is 1.00 bits per heavy atom. The van der Waals surface area contributed by atoms with Crippen molar-refractivity contribution in [1.29, 1.82) is 0 Å². The fourth-order valence-corrected chi connectivity index (χ4v) is 4.76. The van der Waals surface area contributed by atoms with E-state index >= 15 is 0 Å². The first-order valence-electron chi connectivity index (χ1n) is 9.35. The first-order chi connectivity index (χ1) is 13.6. The van der Waals surface area contributed by atoms with E-state index in [0.29, 0.717) is 11.3 Å². The summed E-state index contributed by atoms with van der Waals surface area (Å²) in [6.07, 6.45) is 0.190. The Labute approximate surface area is 187 Å². The van der Waals surface area contributed by atoms with Gasteiger partial charge in [0.2, 0.25) is 0 Å². The van der Waals surface area contributed by atoms with E-state index in [0.717, 1.165) is 20.2 Å². The molecule has 0 aromatic heterocycles. The van der Waals surface area contributed by atoms with E-state index in [2.05, 4.69) is 37.2 Å². The van der Waals surface area contributed by atoms with E-state index in [-0.39, 0.29) is 18.0 Å². The van der Waals surface area contributed by atoms with Gasteiger partial charge < -0.3 is 10.4 Å². The molecule has 0 spiro atoms. The van der Waals surface area contributed by atoms with Crippen molar-refractivity contribution in [1.82, 2.24) is 0 Å². The minimum atomic E-state index is -1.29. The second-order valence-corrected chi connectivity index (χ2v) is 9.56. The molecule has 2 aromatic carbocycles. The van der Waals surface area contributed by atoms with Gasteiger partial charge >= 0.3 is 0 Å². The molecule has 0 bridgehead atoms. The predicted molar refractivity (Wildman–Crippen MR) is 122 cm³/mol. The molecule has 0 saturated heterocycles. The van der Waals surface area contributed by atoms with Gasteiger partial charge in [0.05, 0.1) is 11.5 Å². The van der Waals surface area contributed by atoms with E-state index < -0.39 is 17.4 Å². The molecule has 0 amide bonds. The third-order valence-electron chi connectivity index (χ3n) is 5.36. The maximum absolute atomic E-state index is 12.8. The minimum Gasteiger partial charge on any atom is -0.389 e.